The first-order valence-electron chi connectivity index (χ1n) is 9.74. The molecule has 11 heteroatoms. The molecule has 0 radical (unpaired) electrons. The van der Waals surface area contributed by atoms with Crippen molar-refractivity contribution in [3.8, 4) is 0 Å². The Morgan fingerprint density at radius 2 is 1.47 bits per heavy atom. The molecule has 34 heavy (non-hydrogen) atoms. The smallest absolute Gasteiger partial charge is 0.325 e. The van der Waals surface area contributed by atoms with Gasteiger partial charge in [-0.3, -0.25) is 9.78 Å². The lowest BCUT2D eigenvalue weighted by Crippen LogP contribution is -2.35. The number of alkyl halides is 6. The van der Waals surface area contributed by atoms with Crippen LogP contribution >= 0.6 is 0 Å². The summed E-state index contributed by atoms with van der Waals surface area (Å²) in [5.74, 6) is -0.201. The summed E-state index contributed by atoms with van der Waals surface area (Å²) in [6.07, 6.45) is -8.39. The molecule has 3 aromatic rings. The Kier molecular flexibility index (Phi) is 6.94. The van der Waals surface area contributed by atoms with E-state index in [-0.39, 0.29) is 17.0 Å². The van der Waals surface area contributed by atoms with Crippen molar-refractivity contribution in [3.05, 3.63) is 94.8 Å². The largest absolute Gasteiger partial charge is 0.418 e. The molecule has 2 amide bonds. The third-order valence-electron chi connectivity index (χ3n) is 4.81. The van der Waals surface area contributed by atoms with Crippen LogP contribution in [0.3, 0.4) is 0 Å². The molecule has 0 aliphatic heterocycles. The van der Waals surface area contributed by atoms with Gasteiger partial charge in [0.15, 0.2) is 5.78 Å². The van der Waals surface area contributed by atoms with E-state index >= 15 is 0 Å². The van der Waals surface area contributed by atoms with Gasteiger partial charge in [0.2, 0.25) is 0 Å². The van der Waals surface area contributed by atoms with E-state index in [9.17, 15) is 35.9 Å². The van der Waals surface area contributed by atoms with Crippen molar-refractivity contribution in [1.82, 2.24) is 10.3 Å². The number of hydrogen-bond donors (Lipinski definition) is 2. The summed E-state index contributed by atoms with van der Waals surface area (Å²) >= 11 is 0. The lowest BCUT2D eigenvalue weighted by molar-refractivity contribution is -0.139. The standard InChI is InChI=1S/C23H17F6N3O2/c1-13(33)14-6-10-17(11-7-14)31-21(34)32-19(15-4-8-16(9-5-15)22(24,25)26)20-18(23(27,28)29)3-2-12-30-20/h2-12,19H,1H3,(H2,31,32,34)/t19-/m0/s1. The van der Waals surface area contributed by atoms with Crippen molar-refractivity contribution in [1.29, 1.82) is 0 Å². The second-order valence-electron chi connectivity index (χ2n) is 7.22. The number of nitrogens with one attached hydrogen (secondary N) is 2. The first-order valence-corrected chi connectivity index (χ1v) is 9.74. The number of carbonyl (C=O) groups is 2. The second kappa shape index (κ2) is 9.54. The predicted molar refractivity (Wildman–Crippen MR) is 111 cm³/mol. The third kappa shape index (κ3) is 5.91. The van der Waals surface area contributed by atoms with Gasteiger partial charge in [-0.2, -0.15) is 26.3 Å². The number of pyridine rings is 1. The maximum atomic E-state index is 13.6. The average Bonchev–Trinajstić information content (AvgIpc) is 2.77. The fraction of sp³-hybridized carbons (Fsp3) is 0.174. The van der Waals surface area contributed by atoms with Crippen molar-refractivity contribution in [2.75, 3.05) is 5.32 Å². The Labute approximate surface area is 189 Å². The van der Waals surface area contributed by atoms with Gasteiger partial charge in [0, 0.05) is 17.4 Å². The number of ketones is 1. The second-order valence-corrected chi connectivity index (χ2v) is 7.22. The zero-order valence-electron chi connectivity index (χ0n) is 17.5. The van der Waals surface area contributed by atoms with Gasteiger partial charge in [0.05, 0.1) is 22.9 Å². The maximum Gasteiger partial charge on any atom is 0.418 e. The van der Waals surface area contributed by atoms with Crippen LogP contribution in [0.25, 0.3) is 0 Å². The van der Waals surface area contributed by atoms with Gasteiger partial charge in [-0.25, -0.2) is 4.79 Å². The topological polar surface area (TPSA) is 71.1 Å². The Bertz CT molecular complexity index is 1170. The van der Waals surface area contributed by atoms with Gasteiger partial charge in [-0.05, 0) is 61.0 Å². The fourth-order valence-corrected chi connectivity index (χ4v) is 3.15. The van der Waals surface area contributed by atoms with Gasteiger partial charge in [0.25, 0.3) is 0 Å². The third-order valence-corrected chi connectivity index (χ3v) is 4.81. The molecular formula is C23H17F6N3O2. The molecule has 0 fully saturated rings. The Morgan fingerprint density at radius 1 is 0.853 bits per heavy atom. The van der Waals surface area contributed by atoms with Gasteiger partial charge in [-0.15, -0.1) is 0 Å². The summed E-state index contributed by atoms with van der Waals surface area (Å²) < 4.78 is 79.6. The van der Waals surface area contributed by atoms with Crippen molar-refractivity contribution < 1.29 is 35.9 Å². The molecule has 5 nitrogen and oxygen atoms in total. The number of carbonyl (C=O) groups excluding carboxylic acids is 2. The average molecular weight is 481 g/mol. The molecule has 2 N–H and O–H groups in total. The van der Waals surface area contributed by atoms with E-state index in [1.54, 1.807) is 0 Å². The van der Waals surface area contributed by atoms with Crippen molar-refractivity contribution in [2.45, 2.75) is 25.3 Å². The predicted octanol–water partition coefficient (Wildman–Crippen LogP) is 6.23. The minimum Gasteiger partial charge on any atom is -0.325 e. The number of nitrogens with zero attached hydrogens (tertiary/aromatic N) is 1. The summed E-state index contributed by atoms with van der Waals surface area (Å²) in [4.78, 5) is 27.7. The fourth-order valence-electron chi connectivity index (χ4n) is 3.15. The van der Waals surface area contributed by atoms with E-state index in [0.29, 0.717) is 17.7 Å². The van der Waals surface area contributed by atoms with Crippen LogP contribution in [-0.4, -0.2) is 16.8 Å². The monoisotopic (exact) mass is 481 g/mol. The number of rotatable bonds is 5. The molecule has 1 heterocycles. The lowest BCUT2D eigenvalue weighted by atomic mass is 9.98. The van der Waals surface area contributed by atoms with Crippen LogP contribution in [0.2, 0.25) is 0 Å². The highest BCUT2D eigenvalue weighted by Crippen LogP contribution is 2.36. The molecule has 1 atom stereocenters. The van der Waals surface area contributed by atoms with Crippen molar-refractivity contribution in [3.63, 3.8) is 0 Å². The number of hydrogen-bond acceptors (Lipinski definition) is 3. The lowest BCUT2D eigenvalue weighted by Gasteiger charge is -2.23. The summed E-state index contributed by atoms with van der Waals surface area (Å²) in [6.45, 7) is 1.36. The van der Waals surface area contributed by atoms with Gasteiger partial charge in [-0.1, -0.05) is 12.1 Å². The van der Waals surface area contributed by atoms with Crippen molar-refractivity contribution >= 4 is 17.5 Å². The van der Waals surface area contributed by atoms with Gasteiger partial charge in [0.1, 0.15) is 0 Å². The van der Waals surface area contributed by atoms with E-state index in [4.69, 9.17) is 0 Å². The van der Waals surface area contributed by atoms with E-state index in [1.165, 1.54) is 31.2 Å². The molecule has 3 rings (SSSR count). The van der Waals surface area contributed by atoms with E-state index in [1.807, 2.05) is 0 Å². The summed E-state index contributed by atoms with van der Waals surface area (Å²) in [6, 6.07) is 8.49. The number of anilines is 1. The highest BCUT2D eigenvalue weighted by atomic mass is 19.4. The Hall–Kier alpha value is -3.89. The van der Waals surface area contributed by atoms with E-state index in [2.05, 4.69) is 15.6 Å². The van der Waals surface area contributed by atoms with Crippen LogP contribution in [-0.2, 0) is 12.4 Å². The molecular weight excluding hydrogens is 464 g/mol. The van der Waals surface area contributed by atoms with Crippen LogP contribution in [0.1, 0.15) is 45.7 Å². The number of urea groups is 1. The molecule has 0 saturated carbocycles. The molecule has 2 aromatic carbocycles. The summed E-state index contributed by atoms with van der Waals surface area (Å²) in [5.41, 5.74) is -2.15. The molecule has 178 valence electrons. The first-order chi connectivity index (χ1) is 15.9. The zero-order chi connectivity index (χ0) is 25.1. The molecule has 0 aliphatic carbocycles. The Balaban J connectivity index is 1.96. The normalized spacial score (nSPS) is 12.7. The van der Waals surface area contributed by atoms with Crippen LogP contribution in [0.5, 0.6) is 0 Å². The van der Waals surface area contributed by atoms with Crippen LogP contribution < -0.4 is 10.6 Å². The summed E-state index contributed by atoms with van der Waals surface area (Å²) in [5, 5.41) is 4.77. The van der Waals surface area contributed by atoms with Crippen LogP contribution in [0.15, 0.2) is 66.9 Å². The minimum absolute atomic E-state index is 0.0423. The number of halogens is 6. The highest BCUT2D eigenvalue weighted by molar-refractivity contribution is 5.95. The highest BCUT2D eigenvalue weighted by Gasteiger charge is 2.37. The minimum atomic E-state index is -4.82. The van der Waals surface area contributed by atoms with Gasteiger partial charge < -0.3 is 10.6 Å². The number of amides is 2. The zero-order valence-corrected chi connectivity index (χ0v) is 17.5. The molecule has 0 saturated heterocycles. The van der Waals surface area contributed by atoms with Crippen LogP contribution in [0.4, 0.5) is 36.8 Å². The van der Waals surface area contributed by atoms with E-state index < -0.39 is 41.2 Å². The van der Waals surface area contributed by atoms with Crippen molar-refractivity contribution in [2.24, 2.45) is 0 Å². The number of benzene rings is 2. The van der Waals surface area contributed by atoms with E-state index in [0.717, 1.165) is 30.5 Å². The molecule has 1 aromatic heterocycles. The maximum absolute atomic E-state index is 13.6. The summed E-state index contributed by atoms with van der Waals surface area (Å²) in [7, 11) is 0. The quantitative estimate of drug-likeness (QED) is 0.335. The van der Waals surface area contributed by atoms with Crippen LogP contribution in [0, 0.1) is 0 Å². The Morgan fingerprint density at radius 3 is 2.00 bits per heavy atom. The number of aromatic nitrogens is 1. The molecule has 0 bridgehead atoms. The SMILES string of the molecule is CC(=O)c1ccc(NC(=O)N[C@@H](c2ccc(C(F)(F)F)cc2)c2ncccc2C(F)(F)F)cc1. The first kappa shape index (κ1) is 24.7. The van der Waals surface area contributed by atoms with Gasteiger partial charge >= 0.3 is 18.4 Å². The molecule has 0 unspecified atom stereocenters. The number of Topliss-reactive ketones (excluding diaryl/α,β-unsaturated/α-hetero) is 1. The molecule has 0 aliphatic rings. The molecule has 0 spiro atoms.